The maximum Gasteiger partial charge on any atom is 0.267 e. The number of halogens is 1. The first-order chi connectivity index (χ1) is 9.58. The molecule has 0 aliphatic heterocycles. The van der Waals surface area contributed by atoms with Crippen molar-refractivity contribution in [2.75, 3.05) is 0 Å². The second-order valence-corrected chi connectivity index (χ2v) is 4.94. The molecule has 1 atom stereocenters. The molecule has 0 saturated heterocycles. The molecule has 0 aliphatic carbocycles. The zero-order valence-corrected chi connectivity index (χ0v) is 11.4. The van der Waals surface area contributed by atoms with Crippen LogP contribution < -0.4 is 11.3 Å². The molecule has 0 fully saturated rings. The number of H-pyrrole nitrogens is 1. The fourth-order valence-corrected chi connectivity index (χ4v) is 2.26. The summed E-state index contributed by atoms with van der Waals surface area (Å²) in [7, 11) is 0. The van der Waals surface area contributed by atoms with E-state index in [0.717, 1.165) is 0 Å². The van der Waals surface area contributed by atoms with Crippen LogP contribution in [0.1, 0.15) is 18.8 Å². The van der Waals surface area contributed by atoms with Gasteiger partial charge in [0.1, 0.15) is 11.6 Å². The lowest BCUT2D eigenvalue weighted by Gasteiger charge is -2.14. The molecule has 0 saturated carbocycles. The summed E-state index contributed by atoms with van der Waals surface area (Å²) in [6.07, 6.45) is 1.56. The van der Waals surface area contributed by atoms with Crippen molar-refractivity contribution in [1.29, 1.82) is 0 Å². The van der Waals surface area contributed by atoms with Crippen LogP contribution in [0.15, 0.2) is 35.3 Å². The van der Waals surface area contributed by atoms with Crippen LogP contribution in [0.3, 0.4) is 0 Å². The van der Waals surface area contributed by atoms with Gasteiger partial charge < -0.3 is 5.73 Å². The van der Waals surface area contributed by atoms with Gasteiger partial charge in [-0.15, -0.1) is 0 Å². The van der Waals surface area contributed by atoms with E-state index in [2.05, 4.69) is 15.2 Å². The molecule has 0 amide bonds. The maximum absolute atomic E-state index is 12.7. The van der Waals surface area contributed by atoms with Crippen LogP contribution in [0.25, 0.3) is 16.7 Å². The standard InChI is InChI=1S/C13H12ClN5O/c1-7(15)12-17-10-3-2-8(14)6-9(10)13(20)19(12)11-4-5-16-18-11/h2-7H,15H2,1H3,(H,16,18). The highest BCUT2D eigenvalue weighted by atomic mass is 35.5. The van der Waals surface area contributed by atoms with Crippen molar-refractivity contribution in [2.45, 2.75) is 13.0 Å². The van der Waals surface area contributed by atoms with Gasteiger partial charge in [-0.2, -0.15) is 5.10 Å². The highest BCUT2D eigenvalue weighted by Crippen LogP contribution is 2.18. The molecular formula is C13H12ClN5O. The highest BCUT2D eigenvalue weighted by molar-refractivity contribution is 6.31. The predicted molar refractivity (Wildman–Crippen MR) is 77.1 cm³/mol. The number of aromatic nitrogens is 4. The topological polar surface area (TPSA) is 89.6 Å². The molecule has 1 unspecified atom stereocenters. The summed E-state index contributed by atoms with van der Waals surface area (Å²) < 4.78 is 1.43. The summed E-state index contributed by atoms with van der Waals surface area (Å²) in [5, 5.41) is 7.54. The number of fused-ring (bicyclic) bond motifs is 1. The number of rotatable bonds is 2. The third-order valence-electron chi connectivity index (χ3n) is 2.99. The van der Waals surface area contributed by atoms with Gasteiger partial charge in [-0.25, -0.2) is 9.55 Å². The van der Waals surface area contributed by atoms with E-state index in [4.69, 9.17) is 17.3 Å². The van der Waals surface area contributed by atoms with E-state index in [-0.39, 0.29) is 5.56 Å². The van der Waals surface area contributed by atoms with Crippen molar-refractivity contribution < 1.29 is 0 Å². The van der Waals surface area contributed by atoms with Gasteiger partial charge in [-0.05, 0) is 25.1 Å². The fourth-order valence-electron chi connectivity index (χ4n) is 2.09. The van der Waals surface area contributed by atoms with E-state index in [1.807, 2.05) is 0 Å². The molecule has 0 radical (unpaired) electrons. The lowest BCUT2D eigenvalue weighted by Crippen LogP contribution is -2.27. The summed E-state index contributed by atoms with van der Waals surface area (Å²) >= 11 is 5.95. The summed E-state index contributed by atoms with van der Waals surface area (Å²) in [5.74, 6) is 0.991. The van der Waals surface area contributed by atoms with Gasteiger partial charge in [0.15, 0.2) is 0 Å². The summed E-state index contributed by atoms with van der Waals surface area (Å²) in [5.41, 5.74) is 6.27. The minimum absolute atomic E-state index is 0.228. The van der Waals surface area contributed by atoms with Crippen LogP contribution in [-0.4, -0.2) is 19.7 Å². The Labute approximate surface area is 119 Å². The average Bonchev–Trinajstić information content (AvgIpc) is 2.92. The van der Waals surface area contributed by atoms with Gasteiger partial charge in [0.05, 0.1) is 23.1 Å². The van der Waals surface area contributed by atoms with Crippen molar-refractivity contribution in [2.24, 2.45) is 5.73 Å². The molecule has 2 heterocycles. The second kappa shape index (κ2) is 4.73. The van der Waals surface area contributed by atoms with E-state index in [1.165, 1.54) is 4.57 Å². The molecule has 0 aliphatic rings. The summed E-state index contributed by atoms with van der Waals surface area (Å²) in [6.45, 7) is 1.77. The molecule has 0 spiro atoms. The van der Waals surface area contributed by atoms with E-state index < -0.39 is 6.04 Å². The van der Waals surface area contributed by atoms with Gasteiger partial charge in [0, 0.05) is 11.1 Å². The number of benzene rings is 1. The molecule has 7 heteroatoms. The van der Waals surface area contributed by atoms with Crippen molar-refractivity contribution in [1.82, 2.24) is 19.7 Å². The first kappa shape index (κ1) is 12.8. The van der Waals surface area contributed by atoms with Gasteiger partial charge in [0.2, 0.25) is 0 Å². The summed E-state index contributed by atoms with van der Waals surface area (Å²) in [4.78, 5) is 17.1. The van der Waals surface area contributed by atoms with Crippen LogP contribution in [-0.2, 0) is 0 Å². The zero-order chi connectivity index (χ0) is 14.3. The molecule has 1 aromatic carbocycles. The Morgan fingerprint density at radius 2 is 2.20 bits per heavy atom. The van der Waals surface area contributed by atoms with Gasteiger partial charge in [0.25, 0.3) is 5.56 Å². The Balaban J connectivity index is 2.44. The van der Waals surface area contributed by atoms with Crippen LogP contribution in [0, 0.1) is 0 Å². The second-order valence-electron chi connectivity index (χ2n) is 4.50. The lowest BCUT2D eigenvalue weighted by molar-refractivity contribution is 0.688. The molecule has 3 aromatic rings. The smallest absolute Gasteiger partial charge is 0.267 e. The Hall–Kier alpha value is -2.18. The molecule has 102 valence electrons. The Morgan fingerprint density at radius 3 is 2.85 bits per heavy atom. The van der Waals surface area contributed by atoms with Gasteiger partial charge in [-0.1, -0.05) is 11.6 Å². The molecule has 3 rings (SSSR count). The minimum atomic E-state index is -0.397. The normalized spacial score (nSPS) is 12.8. The summed E-state index contributed by atoms with van der Waals surface area (Å²) in [6, 6.07) is 6.30. The Bertz CT molecular complexity index is 823. The minimum Gasteiger partial charge on any atom is -0.322 e. The van der Waals surface area contributed by atoms with Crippen LogP contribution in [0.5, 0.6) is 0 Å². The van der Waals surface area contributed by atoms with E-state index in [0.29, 0.717) is 27.6 Å². The molecule has 6 nitrogen and oxygen atoms in total. The maximum atomic E-state index is 12.7. The zero-order valence-electron chi connectivity index (χ0n) is 10.7. The number of nitrogens with one attached hydrogen (secondary N) is 1. The molecule has 20 heavy (non-hydrogen) atoms. The molecule has 3 N–H and O–H groups in total. The van der Waals surface area contributed by atoms with Crippen LogP contribution >= 0.6 is 11.6 Å². The van der Waals surface area contributed by atoms with Crippen LogP contribution in [0.2, 0.25) is 5.02 Å². The number of hydrogen-bond acceptors (Lipinski definition) is 4. The van der Waals surface area contributed by atoms with Gasteiger partial charge in [-0.3, -0.25) is 9.89 Å². The Morgan fingerprint density at radius 1 is 1.40 bits per heavy atom. The SMILES string of the molecule is CC(N)c1nc2ccc(Cl)cc2c(=O)n1-c1ccn[nH]1. The van der Waals surface area contributed by atoms with Gasteiger partial charge >= 0.3 is 0 Å². The average molecular weight is 290 g/mol. The quantitative estimate of drug-likeness (QED) is 0.752. The molecule has 2 aromatic heterocycles. The van der Waals surface area contributed by atoms with Crippen LogP contribution in [0.4, 0.5) is 0 Å². The third kappa shape index (κ3) is 1.99. The van der Waals surface area contributed by atoms with E-state index in [9.17, 15) is 4.79 Å². The number of nitrogens with zero attached hydrogens (tertiary/aromatic N) is 3. The van der Waals surface area contributed by atoms with E-state index in [1.54, 1.807) is 37.4 Å². The monoisotopic (exact) mass is 289 g/mol. The van der Waals surface area contributed by atoms with Crippen molar-refractivity contribution in [3.05, 3.63) is 51.7 Å². The fraction of sp³-hybridized carbons (Fsp3) is 0.154. The number of aromatic amines is 1. The Kier molecular flexibility index (Phi) is 3.04. The number of nitrogens with two attached hydrogens (primary N) is 1. The van der Waals surface area contributed by atoms with Crippen molar-refractivity contribution in [3.8, 4) is 5.82 Å². The third-order valence-corrected chi connectivity index (χ3v) is 3.23. The molecule has 0 bridgehead atoms. The lowest BCUT2D eigenvalue weighted by atomic mass is 10.2. The molecular weight excluding hydrogens is 278 g/mol. The van der Waals surface area contributed by atoms with Crippen molar-refractivity contribution in [3.63, 3.8) is 0 Å². The highest BCUT2D eigenvalue weighted by Gasteiger charge is 2.16. The van der Waals surface area contributed by atoms with Crippen molar-refractivity contribution >= 4 is 22.5 Å². The first-order valence-corrected chi connectivity index (χ1v) is 6.43. The predicted octanol–water partition coefficient (Wildman–Crippen LogP) is 1.78. The largest absolute Gasteiger partial charge is 0.322 e. The number of hydrogen-bond donors (Lipinski definition) is 2. The van der Waals surface area contributed by atoms with E-state index >= 15 is 0 Å². The first-order valence-electron chi connectivity index (χ1n) is 6.05.